The molecule has 4 aliphatic rings. The van der Waals surface area contributed by atoms with E-state index >= 15 is 0 Å². The average molecular weight is 220 g/mol. The molecule has 4 bridgehead atoms. The highest BCUT2D eigenvalue weighted by atomic mass is 16.5. The predicted molar refractivity (Wildman–Crippen MR) is 64.0 cm³/mol. The largest absolute Gasteiger partial charge is 0.381 e. The number of fused-ring (bicyclic) bond motifs is 9. The molecule has 0 heterocycles. The van der Waals surface area contributed by atoms with Gasteiger partial charge in [0, 0.05) is 7.11 Å². The molecule has 4 aliphatic carbocycles. The monoisotopic (exact) mass is 220 g/mol. The van der Waals surface area contributed by atoms with E-state index in [-0.39, 0.29) is 0 Å². The summed E-state index contributed by atoms with van der Waals surface area (Å²) in [6.07, 6.45) is 6.68. The third-order valence-electron chi connectivity index (χ3n) is 6.86. The van der Waals surface area contributed by atoms with Crippen LogP contribution in [-0.4, -0.2) is 13.2 Å². The second-order valence-corrected chi connectivity index (χ2v) is 7.47. The van der Waals surface area contributed by atoms with Crippen LogP contribution in [0.1, 0.15) is 39.5 Å². The van der Waals surface area contributed by atoms with E-state index < -0.39 is 0 Å². The minimum Gasteiger partial charge on any atom is -0.381 e. The normalized spacial score (nSPS) is 60.6. The molecule has 0 aromatic heterocycles. The molecule has 7 atom stereocenters. The molecule has 1 nitrogen and oxygen atoms in total. The minimum atomic E-state index is 0.449. The van der Waals surface area contributed by atoms with E-state index in [4.69, 9.17) is 4.74 Å². The maximum absolute atomic E-state index is 5.88. The number of rotatable bonds is 1. The SMILES string of the molecule is COC1C2CC(C3C4CCC(C4)C23)C1(C)C. The van der Waals surface area contributed by atoms with Gasteiger partial charge in [0.05, 0.1) is 6.10 Å². The number of ether oxygens (including phenoxy) is 1. The van der Waals surface area contributed by atoms with Crippen LogP contribution in [0.15, 0.2) is 0 Å². The Balaban J connectivity index is 1.74. The number of hydrogen-bond acceptors (Lipinski definition) is 1. The van der Waals surface area contributed by atoms with Crippen LogP contribution >= 0.6 is 0 Å². The van der Waals surface area contributed by atoms with E-state index in [2.05, 4.69) is 13.8 Å². The van der Waals surface area contributed by atoms with Crippen molar-refractivity contribution in [1.82, 2.24) is 0 Å². The maximum Gasteiger partial charge on any atom is 0.0656 e. The molecule has 0 saturated heterocycles. The molecule has 7 unspecified atom stereocenters. The van der Waals surface area contributed by atoms with Gasteiger partial charge in [-0.25, -0.2) is 0 Å². The van der Waals surface area contributed by atoms with Crippen molar-refractivity contribution in [3.8, 4) is 0 Å². The summed E-state index contributed by atoms with van der Waals surface area (Å²) in [4.78, 5) is 0. The first-order chi connectivity index (χ1) is 7.64. The summed E-state index contributed by atoms with van der Waals surface area (Å²) in [5, 5.41) is 0. The van der Waals surface area contributed by atoms with Crippen molar-refractivity contribution in [1.29, 1.82) is 0 Å². The van der Waals surface area contributed by atoms with Gasteiger partial charge in [-0.2, -0.15) is 0 Å². The van der Waals surface area contributed by atoms with E-state index in [1.807, 2.05) is 7.11 Å². The van der Waals surface area contributed by atoms with Crippen molar-refractivity contribution in [3.63, 3.8) is 0 Å². The molecule has 0 amide bonds. The van der Waals surface area contributed by atoms with E-state index in [0.717, 1.165) is 35.5 Å². The second kappa shape index (κ2) is 2.85. The van der Waals surface area contributed by atoms with Crippen molar-refractivity contribution in [2.24, 2.45) is 40.9 Å². The zero-order valence-corrected chi connectivity index (χ0v) is 10.8. The van der Waals surface area contributed by atoms with Crippen molar-refractivity contribution in [2.45, 2.75) is 45.6 Å². The fraction of sp³-hybridized carbons (Fsp3) is 1.00. The van der Waals surface area contributed by atoms with Crippen molar-refractivity contribution < 1.29 is 4.74 Å². The lowest BCUT2D eigenvalue weighted by Crippen LogP contribution is -2.46. The molecule has 16 heavy (non-hydrogen) atoms. The van der Waals surface area contributed by atoms with Gasteiger partial charge in [0.15, 0.2) is 0 Å². The summed E-state index contributed by atoms with van der Waals surface area (Å²) < 4.78 is 5.88. The molecular weight excluding hydrogens is 196 g/mol. The smallest absolute Gasteiger partial charge is 0.0656 e. The first-order valence-corrected chi connectivity index (χ1v) is 7.17. The second-order valence-electron chi connectivity index (χ2n) is 7.47. The van der Waals surface area contributed by atoms with E-state index in [0.29, 0.717) is 11.5 Å². The molecule has 4 saturated carbocycles. The van der Waals surface area contributed by atoms with Crippen molar-refractivity contribution in [2.75, 3.05) is 7.11 Å². The Kier molecular flexibility index (Phi) is 1.77. The molecule has 0 radical (unpaired) electrons. The highest BCUT2D eigenvalue weighted by molar-refractivity contribution is 5.16. The fourth-order valence-corrected chi connectivity index (χ4v) is 6.59. The third-order valence-corrected chi connectivity index (χ3v) is 6.86. The standard InChI is InChI=1S/C15H24O/c1-15(2)11-7-10(14(15)16-3)12-8-4-5-9(6-8)13(11)12/h8-14H,4-7H2,1-3H3. The van der Waals surface area contributed by atoms with Gasteiger partial charge < -0.3 is 4.74 Å². The lowest BCUT2D eigenvalue weighted by atomic mass is 9.61. The van der Waals surface area contributed by atoms with E-state index in [1.165, 1.54) is 12.8 Å². The van der Waals surface area contributed by atoms with Crippen molar-refractivity contribution in [3.05, 3.63) is 0 Å². The Morgan fingerprint density at radius 3 is 2.38 bits per heavy atom. The minimum absolute atomic E-state index is 0.449. The van der Waals surface area contributed by atoms with Crippen LogP contribution in [0, 0.1) is 40.9 Å². The zero-order chi connectivity index (χ0) is 11.1. The van der Waals surface area contributed by atoms with Crippen LogP contribution in [0.2, 0.25) is 0 Å². The lowest BCUT2D eigenvalue weighted by molar-refractivity contribution is -0.0831. The summed E-state index contributed by atoms with van der Waals surface area (Å²) in [7, 11) is 1.94. The van der Waals surface area contributed by atoms with Crippen LogP contribution in [-0.2, 0) is 4.74 Å². The Labute approximate surface area is 98.9 Å². The van der Waals surface area contributed by atoms with Gasteiger partial charge >= 0.3 is 0 Å². The van der Waals surface area contributed by atoms with Gasteiger partial charge in [0.25, 0.3) is 0 Å². The highest BCUT2D eigenvalue weighted by Crippen LogP contribution is 2.72. The van der Waals surface area contributed by atoms with Crippen LogP contribution in [0.25, 0.3) is 0 Å². The van der Waals surface area contributed by atoms with Gasteiger partial charge in [-0.1, -0.05) is 13.8 Å². The topological polar surface area (TPSA) is 9.23 Å². The molecule has 0 aliphatic heterocycles. The molecule has 90 valence electrons. The Bertz CT molecular complexity index is 321. The van der Waals surface area contributed by atoms with Crippen molar-refractivity contribution >= 4 is 0 Å². The Morgan fingerprint density at radius 2 is 1.69 bits per heavy atom. The lowest BCUT2D eigenvalue weighted by Gasteiger charge is -2.47. The number of methoxy groups -OCH3 is 1. The first kappa shape index (κ1) is 9.94. The summed E-state index contributed by atoms with van der Waals surface area (Å²) in [5.74, 6) is 6.21. The van der Waals surface area contributed by atoms with Gasteiger partial charge in [0.1, 0.15) is 0 Å². The molecule has 0 aromatic rings. The molecule has 0 aromatic carbocycles. The summed E-state index contributed by atoms with van der Waals surface area (Å²) in [6, 6.07) is 0. The van der Waals surface area contributed by atoms with Crippen LogP contribution in [0.5, 0.6) is 0 Å². The molecule has 1 heteroatoms. The molecular formula is C15H24O. The summed E-state index contributed by atoms with van der Waals surface area (Å²) >= 11 is 0. The Hall–Kier alpha value is -0.0400. The summed E-state index contributed by atoms with van der Waals surface area (Å²) in [5.41, 5.74) is 0.449. The first-order valence-electron chi connectivity index (χ1n) is 7.17. The van der Waals surface area contributed by atoms with Gasteiger partial charge in [-0.15, -0.1) is 0 Å². The van der Waals surface area contributed by atoms with Gasteiger partial charge in [-0.05, 0) is 66.6 Å². The Morgan fingerprint density at radius 1 is 1.00 bits per heavy atom. The zero-order valence-electron chi connectivity index (χ0n) is 10.8. The highest BCUT2D eigenvalue weighted by Gasteiger charge is 2.68. The van der Waals surface area contributed by atoms with Gasteiger partial charge in [-0.3, -0.25) is 0 Å². The van der Waals surface area contributed by atoms with Crippen LogP contribution in [0.4, 0.5) is 0 Å². The fourth-order valence-electron chi connectivity index (χ4n) is 6.59. The van der Waals surface area contributed by atoms with E-state index in [9.17, 15) is 0 Å². The molecule has 4 fully saturated rings. The summed E-state index contributed by atoms with van der Waals surface area (Å²) in [6.45, 7) is 4.93. The average Bonchev–Trinajstić information content (AvgIpc) is 2.91. The maximum atomic E-state index is 5.88. The molecule has 4 rings (SSSR count). The number of hydrogen-bond donors (Lipinski definition) is 0. The third kappa shape index (κ3) is 0.903. The van der Waals surface area contributed by atoms with Crippen LogP contribution in [0.3, 0.4) is 0 Å². The van der Waals surface area contributed by atoms with Crippen LogP contribution < -0.4 is 0 Å². The molecule has 0 spiro atoms. The molecule has 0 N–H and O–H groups in total. The van der Waals surface area contributed by atoms with E-state index in [1.54, 1.807) is 12.8 Å². The quantitative estimate of drug-likeness (QED) is 0.616. The van der Waals surface area contributed by atoms with Gasteiger partial charge in [0.2, 0.25) is 0 Å². The predicted octanol–water partition coefficient (Wildman–Crippen LogP) is 3.34.